The van der Waals surface area contributed by atoms with Gasteiger partial charge < -0.3 is 0 Å². The Morgan fingerprint density at radius 2 is 0.973 bits per heavy atom. The third-order valence-electron chi connectivity index (χ3n) is 4.86. The third kappa shape index (κ3) is 21.8. The quantitative estimate of drug-likeness (QED) is 0.101. The molecule has 204 valence electrons. The third-order valence-corrected chi connectivity index (χ3v) is 9.71. The van der Waals surface area contributed by atoms with Gasteiger partial charge in [0.1, 0.15) is 15.1 Å². The molecule has 0 aromatic carbocycles. The lowest BCUT2D eigenvalue weighted by atomic mass is 10.2. The predicted molar refractivity (Wildman–Crippen MR) is 174 cm³/mol. The van der Waals surface area contributed by atoms with Crippen LogP contribution in [0.5, 0.6) is 0 Å². The minimum atomic E-state index is 1.00. The molecule has 37 heavy (non-hydrogen) atoms. The Balaban J connectivity index is 0.000000291. The number of hydrogen-bond donors (Lipinski definition) is 1. The smallest absolute Gasteiger partial charge is 0.107 e. The zero-order valence-electron chi connectivity index (χ0n) is 22.3. The van der Waals surface area contributed by atoms with E-state index in [0.29, 0.717) is 0 Å². The number of aromatic nitrogens is 3. The van der Waals surface area contributed by atoms with E-state index in [1.807, 2.05) is 65.5 Å². The van der Waals surface area contributed by atoms with Crippen molar-refractivity contribution >= 4 is 55.8 Å². The maximum Gasteiger partial charge on any atom is 0.107 e. The molecule has 0 aliphatic heterocycles. The Labute approximate surface area is 247 Å². The van der Waals surface area contributed by atoms with Crippen molar-refractivity contribution in [2.45, 2.75) is 93.1 Å². The monoisotopic (exact) mass is 593 g/mol. The van der Waals surface area contributed by atoms with Crippen LogP contribution in [0.25, 0.3) is 0 Å². The summed E-state index contributed by atoms with van der Waals surface area (Å²) in [5.74, 6) is 2.30. The van der Waals surface area contributed by atoms with Gasteiger partial charge in [-0.05, 0) is 87.4 Å². The number of pyridine rings is 3. The van der Waals surface area contributed by atoms with Crippen LogP contribution in [-0.4, -0.2) is 26.5 Å². The van der Waals surface area contributed by atoms with Crippen molar-refractivity contribution in [1.29, 1.82) is 0 Å². The van der Waals surface area contributed by atoms with Gasteiger partial charge in [-0.3, -0.25) is 0 Å². The van der Waals surface area contributed by atoms with Crippen LogP contribution < -0.4 is 0 Å². The average Bonchev–Trinajstić information content (AvgIpc) is 2.96. The second-order valence-electron chi connectivity index (χ2n) is 8.13. The molecule has 0 saturated carbocycles. The molecule has 0 fully saturated rings. The standard InChI is InChI=1S/C12H19NS2.C10H8N2S2.C7H16S/c1-2-3-4-5-8-11-14-15-12-9-6-7-10-13-12;1-3-7-11-9(5-1)13-14-10-6-2-4-8-12-10;1-2-3-4-5-6-7-8/h6-7,9-10H,2-5,8,11H2,1H3;1-8H;8H,2-7H2,1H3. The van der Waals surface area contributed by atoms with Gasteiger partial charge in [-0.2, -0.15) is 12.6 Å². The molecule has 0 amide bonds. The molecule has 0 radical (unpaired) electrons. The van der Waals surface area contributed by atoms with Crippen molar-refractivity contribution in [3.05, 3.63) is 73.2 Å². The lowest BCUT2D eigenvalue weighted by Gasteiger charge is -2.00. The van der Waals surface area contributed by atoms with Crippen molar-refractivity contribution < 1.29 is 0 Å². The Kier molecular flexibility index (Phi) is 24.8. The van der Waals surface area contributed by atoms with E-state index < -0.39 is 0 Å². The lowest BCUT2D eigenvalue weighted by molar-refractivity contribution is 0.660. The maximum absolute atomic E-state index is 4.27. The van der Waals surface area contributed by atoms with Crippen molar-refractivity contribution in [1.82, 2.24) is 15.0 Å². The molecule has 0 N–H and O–H groups in total. The zero-order valence-corrected chi connectivity index (χ0v) is 26.5. The molecule has 0 atom stereocenters. The molecule has 0 bridgehead atoms. The number of nitrogens with zero attached hydrogens (tertiary/aromatic N) is 3. The fourth-order valence-electron chi connectivity index (χ4n) is 2.86. The van der Waals surface area contributed by atoms with Crippen LogP contribution >= 0.6 is 55.8 Å². The van der Waals surface area contributed by atoms with E-state index in [-0.39, 0.29) is 0 Å². The van der Waals surface area contributed by atoms with Gasteiger partial charge >= 0.3 is 0 Å². The zero-order chi connectivity index (χ0) is 26.7. The number of rotatable bonds is 16. The van der Waals surface area contributed by atoms with Gasteiger partial charge in [-0.15, -0.1) is 0 Å². The Morgan fingerprint density at radius 1 is 0.541 bits per heavy atom. The molecule has 3 nitrogen and oxygen atoms in total. The summed E-state index contributed by atoms with van der Waals surface area (Å²) in [6.45, 7) is 4.49. The molecule has 0 unspecified atom stereocenters. The highest BCUT2D eigenvalue weighted by molar-refractivity contribution is 8.77. The number of thiol groups is 1. The minimum Gasteiger partial charge on any atom is -0.249 e. The van der Waals surface area contributed by atoms with Gasteiger partial charge in [-0.25, -0.2) is 15.0 Å². The molecular weight excluding hydrogens is 551 g/mol. The Bertz CT molecular complexity index is 796. The summed E-state index contributed by atoms with van der Waals surface area (Å²) in [5.41, 5.74) is 0. The molecule has 3 aromatic rings. The van der Waals surface area contributed by atoms with Crippen LogP contribution in [0.4, 0.5) is 0 Å². The van der Waals surface area contributed by atoms with Crippen molar-refractivity contribution in [2.24, 2.45) is 0 Å². The van der Waals surface area contributed by atoms with Gasteiger partial charge in [0.15, 0.2) is 0 Å². The van der Waals surface area contributed by atoms with Gasteiger partial charge in [-0.1, -0.05) is 94.2 Å². The molecule has 3 aromatic heterocycles. The summed E-state index contributed by atoms with van der Waals surface area (Å²) in [6, 6.07) is 17.8. The maximum atomic E-state index is 4.27. The van der Waals surface area contributed by atoms with E-state index in [0.717, 1.165) is 20.8 Å². The second kappa shape index (κ2) is 26.8. The largest absolute Gasteiger partial charge is 0.249 e. The van der Waals surface area contributed by atoms with Crippen molar-refractivity contribution in [2.75, 3.05) is 11.5 Å². The predicted octanol–water partition coefficient (Wildman–Crippen LogP) is 11.0. The molecule has 8 heteroatoms. The highest BCUT2D eigenvalue weighted by atomic mass is 33.1. The number of hydrogen-bond acceptors (Lipinski definition) is 8. The molecule has 0 spiro atoms. The summed E-state index contributed by atoms with van der Waals surface area (Å²) in [7, 11) is 6.94. The van der Waals surface area contributed by atoms with Crippen LogP contribution in [0.15, 0.2) is 88.3 Å². The first-order valence-corrected chi connectivity index (χ1v) is 18.4. The summed E-state index contributed by atoms with van der Waals surface area (Å²) >= 11 is 4.12. The molecular formula is C29H43N3S5. The van der Waals surface area contributed by atoms with Crippen molar-refractivity contribution in [3.8, 4) is 0 Å². The van der Waals surface area contributed by atoms with E-state index in [4.69, 9.17) is 0 Å². The van der Waals surface area contributed by atoms with E-state index in [1.165, 1.54) is 70.0 Å². The van der Waals surface area contributed by atoms with Gasteiger partial charge in [0.2, 0.25) is 0 Å². The van der Waals surface area contributed by atoms with Gasteiger partial charge in [0, 0.05) is 24.3 Å². The molecule has 0 aliphatic rings. The fourth-order valence-corrected chi connectivity index (χ4v) is 6.86. The summed E-state index contributed by atoms with van der Waals surface area (Å²) in [5, 5.41) is 3.13. The van der Waals surface area contributed by atoms with Crippen molar-refractivity contribution in [3.63, 3.8) is 0 Å². The van der Waals surface area contributed by atoms with E-state index in [9.17, 15) is 0 Å². The van der Waals surface area contributed by atoms with Crippen LogP contribution in [0.2, 0.25) is 0 Å². The second-order valence-corrected chi connectivity index (χ2v) is 13.2. The molecule has 3 heterocycles. The highest BCUT2D eigenvalue weighted by Gasteiger charge is 1.97. The SMILES string of the molecule is CCCCCCCS.CCCCCCCSSc1ccccn1.c1ccc(SSc2ccccn2)nc1. The Hall–Kier alpha value is -0.800. The van der Waals surface area contributed by atoms with E-state index in [1.54, 1.807) is 44.8 Å². The molecule has 3 rings (SSSR count). The lowest BCUT2D eigenvalue weighted by Crippen LogP contribution is -1.80. The minimum absolute atomic E-state index is 1.00. The number of unbranched alkanes of at least 4 members (excludes halogenated alkanes) is 8. The first kappa shape index (κ1) is 34.2. The average molecular weight is 594 g/mol. The van der Waals surface area contributed by atoms with Crippen LogP contribution in [-0.2, 0) is 0 Å². The Morgan fingerprint density at radius 3 is 1.38 bits per heavy atom. The van der Waals surface area contributed by atoms with Crippen LogP contribution in [0, 0.1) is 0 Å². The molecule has 0 saturated heterocycles. The summed E-state index contributed by atoms with van der Waals surface area (Å²) < 4.78 is 0. The highest BCUT2D eigenvalue weighted by Crippen LogP contribution is 2.34. The summed E-state index contributed by atoms with van der Waals surface area (Å²) in [6.07, 6.45) is 19.1. The first-order valence-electron chi connectivity index (χ1n) is 13.3. The van der Waals surface area contributed by atoms with Gasteiger partial charge in [0.25, 0.3) is 0 Å². The van der Waals surface area contributed by atoms with E-state index >= 15 is 0 Å². The van der Waals surface area contributed by atoms with Crippen LogP contribution in [0.3, 0.4) is 0 Å². The topological polar surface area (TPSA) is 38.7 Å². The fraction of sp³-hybridized carbons (Fsp3) is 0.483. The van der Waals surface area contributed by atoms with E-state index in [2.05, 4.69) is 47.5 Å². The normalized spacial score (nSPS) is 10.1. The molecule has 0 aliphatic carbocycles. The van der Waals surface area contributed by atoms with Gasteiger partial charge in [0.05, 0.1) is 0 Å². The first-order chi connectivity index (χ1) is 18.3. The summed E-state index contributed by atoms with van der Waals surface area (Å²) in [4.78, 5) is 12.7. The van der Waals surface area contributed by atoms with Crippen LogP contribution in [0.1, 0.15) is 78.1 Å².